The first kappa shape index (κ1) is 21.6. The zero-order chi connectivity index (χ0) is 21.7. The van der Waals surface area contributed by atoms with Crippen LogP contribution in [0, 0.1) is 23.7 Å². The number of aliphatic hydroxyl groups is 4. The van der Waals surface area contributed by atoms with Crippen LogP contribution in [-0.4, -0.2) is 82.2 Å². The first-order valence-electron chi connectivity index (χ1n) is 10.3. The predicted octanol–water partition coefficient (Wildman–Crippen LogP) is -0.928. The molecule has 0 aromatic heterocycles. The third-order valence-corrected chi connectivity index (χ3v) is 6.98. The molecule has 0 aromatic carbocycles. The standard InChI is InChI=1S/C21H28O9/c1-8-3-4-11-9(2)20(27)30-19(11)15-10(5-12(23)14(8)15)7-28-21-18(26)17(25)16(24)13(6-22)29-21/h5,8,11,13-19,21-22,24-26H,2-4,6-7H2,1H3/t8-,11-,13+,14+,15-,16+,17-,18+,19-,21+/m0/s1. The average molecular weight is 424 g/mol. The minimum Gasteiger partial charge on any atom is -0.458 e. The minimum absolute atomic E-state index is 0.0471. The lowest BCUT2D eigenvalue weighted by Gasteiger charge is -2.40. The van der Waals surface area contributed by atoms with Crippen molar-refractivity contribution in [1.82, 2.24) is 0 Å². The quantitative estimate of drug-likeness (QED) is 0.332. The van der Waals surface area contributed by atoms with Crippen molar-refractivity contribution in [3.05, 3.63) is 23.8 Å². The Balaban J connectivity index is 1.53. The number of ketones is 1. The maximum Gasteiger partial charge on any atom is 0.334 e. The normalized spacial score (nSPS) is 46.2. The van der Waals surface area contributed by atoms with Gasteiger partial charge in [0.1, 0.15) is 30.5 Å². The molecule has 0 bridgehead atoms. The summed E-state index contributed by atoms with van der Waals surface area (Å²) in [5.41, 5.74) is 1.06. The average Bonchev–Trinajstić information content (AvgIpc) is 3.14. The Bertz CT molecular complexity index is 760. The molecule has 4 aliphatic rings. The molecule has 9 nitrogen and oxygen atoms in total. The van der Waals surface area contributed by atoms with Crippen molar-refractivity contribution in [3.8, 4) is 0 Å². The van der Waals surface area contributed by atoms with Crippen LogP contribution >= 0.6 is 0 Å². The second kappa shape index (κ2) is 8.14. The van der Waals surface area contributed by atoms with E-state index in [2.05, 4.69) is 6.58 Å². The highest BCUT2D eigenvalue weighted by atomic mass is 16.7. The van der Waals surface area contributed by atoms with E-state index in [9.17, 15) is 30.0 Å². The van der Waals surface area contributed by atoms with Crippen LogP contribution < -0.4 is 0 Å². The summed E-state index contributed by atoms with van der Waals surface area (Å²) in [7, 11) is 0. The number of allylic oxidation sites excluding steroid dienone is 1. The van der Waals surface area contributed by atoms with Crippen molar-refractivity contribution < 1.29 is 44.2 Å². The molecule has 4 N–H and O–H groups in total. The fraction of sp³-hybridized carbons (Fsp3) is 0.714. The number of ether oxygens (including phenoxy) is 3. The summed E-state index contributed by atoms with van der Waals surface area (Å²) in [4.78, 5) is 24.9. The molecule has 0 amide bonds. The second-order valence-corrected chi connectivity index (χ2v) is 8.74. The van der Waals surface area contributed by atoms with Crippen LogP contribution in [0.4, 0.5) is 0 Å². The maximum atomic E-state index is 12.8. The molecular weight excluding hydrogens is 396 g/mol. The first-order chi connectivity index (χ1) is 14.2. The Morgan fingerprint density at radius 2 is 1.87 bits per heavy atom. The SMILES string of the molecule is C=C1C(=O)O[C@@H]2[C@H]3C(CO[C@@H]4O[C@H](CO)[C@@H](O)[C@H](O)[C@H]4O)=CC(=O)[C@H]3[C@@H](C)CC[C@@H]12. The molecule has 9 heteroatoms. The molecule has 4 rings (SSSR count). The van der Waals surface area contributed by atoms with E-state index in [1.54, 1.807) is 0 Å². The maximum absolute atomic E-state index is 12.8. The van der Waals surface area contributed by atoms with Gasteiger partial charge < -0.3 is 34.6 Å². The topological polar surface area (TPSA) is 143 Å². The molecule has 10 atom stereocenters. The summed E-state index contributed by atoms with van der Waals surface area (Å²) < 4.78 is 16.6. The van der Waals surface area contributed by atoms with Crippen molar-refractivity contribution in [2.24, 2.45) is 23.7 Å². The fourth-order valence-corrected chi connectivity index (χ4v) is 5.27. The summed E-state index contributed by atoms with van der Waals surface area (Å²) in [5.74, 6) is -1.22. The molecule has 1 saturated carbocycles. The number of esters is 1. The van der Waals surface area contributed by atoms with Crippen molar-refractivity contribution in [2.75, 3.05) is 13.2 Å². The van der Waals surface area contributed by atoms with Crippen LogP contribution in [0.2, 0.25) is 0 Å². The number of hydrogen-bond acceptors (Lipinski definition) is 9. The number of carbonyl (C=O) groups is 2. The second-order valence-electron chi connectivity index (χ2n) is 8.74. The van der Waals surface area contributed by atoms with Crippen molar-refractivity contribution in [3.63, 3.8) is 0 Å². The third kappa shape index (κ3) is 3.43. The Morgan fingerprint density at radius 1 is 1.13 bits per heavy atom. The number of aliphatic hydroxyl groups excluding tert-OH is 4. The van der Waals surface area contributed by atoms with E-state index in [0.29, 0.717) is 11.1 Å². The summed E-state index contributed by atoms with van der Waals surface area (Å²) in [5, 5.41) is 39.3. The monoisotopic (exact) mass is 424 g/mol. The van der Waals surface area contributed by atoms with E-state index in [1.807, 2.05) is 6.92 Å². The fourth-order valence-electron chi connectivity index (χ4n) is 5.27. The van der Waals surface area contributed by atoms with Gasteiger partial charge in [-0.3, -0.25) is 4.79 Å². The lowest BCUT2D eigenvalue weighted by molar-refractivity contribution is -0.299. The van der Waals surface area contributed by atoms with Crippen LogP contribution in [0.3, 0.4) is 0 Å². The minimum atomic E-state index is -1.55. The van der Waals surface area contributed by atoms with E-state index in [4.69, 9.17) is 14.2 Å². The van der Waals surface area contributed by atoms with Gasteiger partial charge in [-0.1, -0.05) is 13.5 Å². The van der Waals surface area contributed by atoms with Gasteiger partial charge in [0.25, 0.3) is 0 Å². The lowest BCUT2D eigenvalue weighted by atomic mass is 9.78. The molecule has 30 heavy (non-hydrogen) atoms. The Morgan fingerprint density at radius 3 is 2.57 bits per heavy atom. The molecule has 2 aliphatic heterocycles. The van der Waals surface area contributed by atoms with Crippen LogP contribution in [-0.2, 0) is 23.8 Å². The molecular formula is C21H28O9. The molecule has 0 unspecified atom stereocenters. The molecule has 0 aromatic rings. The van der Waals surface area contributed by atoms with E-state index >= 15 is 0 Å². The van der Waals surface area contributed by atoms with Crippen LogP contribution in [0.15, 0.2) is 23.8 Å². The number of rotatable bonds is 4. The zero-order valence-corrected chi connectivity index (χ0v) is 16.7. The van der Waals surface area contributed by atoms with E-state index in [1.165, 1.54) is 6.08 Å². The van der Waals surface area contributed by atoms with E-state index in [0.717, 1.165) is 12.8 Å². The molecule has 2 saturated heterocycles. The van der Waals surface area contributed by atoms with Gasteiger partial charge in [0.05, 0.1) is 13.2 Å². The van der Waals surface area contributed by atoms with Crippen molar-refractivity contribution in [1.29, 1.82) is 0 Å². The van der Waals surface area contributed by atoms with Gasteiger partial charge in [-0.05, 0) is 30.4 Å². The van der Waals surface area contributed by atoms with E-state index < -0.39 is 49.4 Å². The zero-order valence-electron chi connectivity index (χ0n) is 16.7. The molecule has 0 radical (unpaired) electrons. The number of fused-ring (bicyclic) bond motifs is 3. The van der Waals surface area contributed by atoms with Gasteiger partial charge in [0, 0.05) is 23.3 Å². The largest absolute Gasteiger partial charge is 0.458 e. The molecule has 3 fully saturated rings. The summed E-state index contributed by atoms with van der Waals surface area (Å²) in [6, 6.07) is 0. The van der Waals surface area contributed by atoms with Gasteiger partial charge in [-0.25, -0.2) is 4.79 Å². The highest BCUT2D eigenvalue weighted by Gasteiger charge is 2.54. The van der Waals surface area contributed by atoms with Gasteiger partial charge in [-0.15, -0.1) is 0 Å². The van der Waals surface area contributed by atoms with Crippen molar-refractivity contribution in [2.45, 2.75) is 56.6 Å². The molecule has 0 spiro atoms. The van der Waals surface area contributed by atoms with Gasteiger partial charge in [0.15, 0.2) is 12.1 Å². The smallest absolute Gasteiger partial charge is 0.334 e. The highest BCUT2D eigenvalue weighted by molar-refractivity contribution is 5.97. The van der Waals surface area contributed by atoms with Gasteiger partial charge >= 0.3 is 5.97 Å². The van der Waals surface area contributed by atoms with Crippen LogP contribution in [0.1, 0.15) is 19.8 Å². The highest BCUT2D eigenvalue weighted by Crippen LogP contribution is 2.49. The molecule has 2 aliphatic carbocycles. The summed E-state index contributed by atoms with van der Waals surface area (Å²) in [6.07, 6.45) is -4.42. The van der Waals surface area contributed by atoms with Gasteiger partial charge in [-0.2, -0.15) is 0 Å². The predicted molar refractivity (Wildman–Crippen MR) is 101 cm³/mol. The van der Waals surface area contributed by atoms with Crippen LogP contribution in [0.25, 0.3) is 0 Å². The Labute approximate surface area is 173 Å². The first-order valence-corrected chi connectivity index (χ1v) is 10.3. The van der Waals surface area contributed by atoms with Gasteiger partial charge in [0.2, 0.25) is 0 Å². The van der Waals surface area contributed by atoms with Crippen molar-refractivity contribution >= 4 is 11.8 Å². The number of hydrogen-bond donors (Lipinski definition) is 4. The lowest BCUT2D eigenvalue weighted by Crippen LogP contribution is -2.59. The number of carbonyl (C=O) groups excluding carboxylic acids is 2. The molecule has 166 valence electrons. The van der Waals surface area contributed by atoms with Crippen LogP contribution in [0.5, 0.6) is 0 Å². The molecule has 2 heterocycles. The summed E-state index contributed by atoms with van der Waals surface area (Å²) in [6.45, 7) is 5.23. The Kier molecular flexibility index (Phi) is 5.86. The Hall–Kier alpha value is -1.62. The summed E-state index contributed by atoms with van der Waals surface area (Å²) >= 11 is 0. The third-order valence-electron chi connectivity index (χ3n) is 6.98. The van der Waals surface area contributed by atoms with E-state index in [-0.39, 0.29) is 36.1 Å².